The van der Waals surface area contributed by atoms with Gasteiger partial charge in [0.15, 0.2) is 16.7 Å². The third kappa shape index (κ3) is 5.20. The maximum atomic E-state index is 12.5. The second-order valence-electron chi connectivity index (χ2n) is 7.12. The predicted octanol–water partition coefficient (Wildman–Crippen LogP) is 4.24. The van der Waals surface area contributed by atoms with E-state index in [1.54, 1.807) is 38.4 Å². The quantitative estimate of drug-likeness (QED) is 0.372. The van der Waals surface area contributed by atoms with Crippen LogP contribution in [0.2, 0.25) is 0 Å². The normalized spacial score (nSPS) is 10.8. The molecule has 0 bridgehead atoms. The number of carbonyl (C=O) groups excluding carboxylic acids is 1. The topological polar surface area (TPSA) is 89.1 Å². The van der Waals surface area contributed by atoms with E-state index in [9.17, 15) is 4.79 Å². The van der Waals surface area contributed by atoms with Crippen LogP contribution in [0.1, 0.15) is 21.5 Å². The van der Waals surface area contributed by atoms with Crippen LogP contribution in [0.3, 0.4) is 0 Å². The zero-order chi connectivity index (χ0) is 22.3. The van der Waals surface area contributed by atoms with Crippen molar-refractivity contribution in [2.45, 2.75) is 17.3 Å². The number of ether oxygens (including phenoxy) is 2. The molecule has 4 aromatic rings. The minimum absolute atomic E-state index is 0.0885. The fourth-order valence-electron chi connectivity index (χ4n) is 3.26. The van der Waals surface area contributed by atoms with Gasteiger partial charge in [0, 0.05) is 24.1 Å². The van der Waals surface area contributed by atoms with Crippen LogP contribution in [0.25, 0.3) is 11.0 Å². The summed E-state index contributed by atoms with van der Waals surface area (Å²) in [5.41, 5.74) is 4.66. The maximum absolute atomic E-state index is 12.5. The van der Waals surface area contributed by atoms with Crippen LogP contribution in [-0.2, 0) is 12.2 Å². The fraction of sp³-hybridized carbons (Fsp3) is 0.208. The summed E-state index contributed by atoms with van der Waals surface area (Å²) in [7, 11) is 3.22. The van der Waals surface area contributed by atoms with Crippen molar-refractivity contribution in [1.82, 2.24) is 20.3 Å². The zero-order valence-electron chi connectivity index (χ0n) is 17.9. The van der Waals surface area contributed by atoms with E-state index in [-0.39, 0.29) is 5.91 Å². The Kier molecular flexibility index (Phi) is 6.91. The lowest BCUT2D eigenvalue weighted by Crippen LogP contribution is -2.25. The summed E-state index contributed by atoms with van der Waals surface area (Å²) in [6.07, 6.45) is 4.20. The van der Waals surface area contributed by atoms with Crippen LogP contribution < -0.4 is 14.8 Å². The number of imidazole rings is 1. The van der Waals surface area contributed by atoms with E-state index in [0.29, 0.717) is 30.0 Å². The summed E-state index contributed by atoms with van der Waals surface area (Å²) in [4.78, 5) is 24.4. The molecule has 0 spiro atoms. The van der Waals surface area contributed by atoms with Gasteiger partial charge in [0.2, 0.25) is 0 Å². The van der Waals surface area contributed by atoms with Crippen LogP contribution >= 0.6 is 11.8 Å². The van der Waals surface area contributed by atoms with Gasteiger partial charge in [-0.05, 0) is 47.9 Å². The number of pyridine rings is 1. The van der Waals surface area contributed by atoms with Gasteiger partial charge in [0.1, 0.15) is 0 Å². The van der Waals surface area contributed by atoms with Crippen LogP contribution in [0, 0.1) is 0 Å². The molecule has 32 heavy (non-hydrogen) atoms. The Balaban J connectivity index is 1.27. The summed E-state index contributed by atoms with van der Waals surface area (Å²) < 4.78 is 10.6. The maximum Gasteiger partial charge on any atom is 0.251 e. The van der Waals surface area contributed by atoms with Gasteiger partial charge in [-0.25, -0.2) is 4.98 Å². The van der Waals surface area contributed by atoms with E-state index in [0.717, 1.165) is 33.1 Å². The van der Waals surface area contributed by atoms with Gasteiger partial charge in [-0.3, -0.25) is 9.78 Å². The summed E-state index contributed by atoms with van der Waals surface area (Å²) in [5.74, 6) is 2.04. The highest BCUT2D eigenvalue weighted by molar-refractivity contribution is 7.98. The molecule has 1 amide bonds. The number of aromatic amines is 1. The first-order valence-electron chi connectivity index (χ1n) is 10.2. The van der Waals surface area contributed by atoms with Crippen molar-refractivity contribution in [1.29, 1.82) is 0 Å². The first kappa shape index (κ1) is 21.7. The monoisotopic (exact) mass is 448 g/mol. The van der Waals surface area contributed by atoms with Crippen molar-refractivity contribution >= 4 is 28.7 Å². The summed E-state index contributed by atoms with van der Waals surface area (Å²) >= 11 is 1.62. The van der Waals surface area contributed by atoms with Gasteiger partial charge < -0.3 is 19.8 Å². The molecule has 164 valence electrons. The van der Waals surface area contributed by atoms with Crippen molar-refractivity contribution < 1.29 is 14.3 Å². The summed E-state index contributed by atoms with van der Waals surface area (Å²) in [6, 6.07) is 15.3. The Hall–Kier alpha value is -3.52. The van der Waals surface area contributed by atoms with Crippen molar-refractivity contribution in [3.63, 3.8) is 0 Å². The second-order valence-corrected chi connectivity index (χ2v) is 8.08. The number of H-pyrrole nitrogens is 1. The van der Waals surface area contributed by atoms with Crippen LogP contribution in [0.5, 0.6) is 11.5 Å². The number of amides is 1. The lowest BCUT2D eigenvalue weighted by Gasteiger charge is -2.10. The standard InChI is InChI=1S/C24H24N4O3S/c1-30-21-8-5-16(13-22(21)31-2)9-12-26-23(29)18-6-3-17(4-7-18)15-32-24-27-19-10-11-25-14-20(19)28-24/h3-8,10-11,13-14H,9,12,15H2,1-2H3,(H,26,29)(H,27,28). The van der Waals surface area contributed by atoms with Gasteiger partial charge >= 0.3 is 0 Å². The number of nitrogens with one attached hydrogen (secondary N) is 2. The molecule has 7 nitrogen and oxygen atoms in total. The molecule has 2 aromatic heterocycles. The number of rotatable bonds is 9. The predicted molar refractivity (Wildman–Crippen MR) is 125 cm³/mol. The van der Waals surface area contributed by atoms with Crippen LogP contribution in [-0.4, -0.2) is 41.6 Å². The van der Waals surface area contributed by atoms with Crippen molar-refractivity contribution in [2.75, 3.05) is 20.8 Å². The van der Waals surface area contributed by atoms with E-state index >= 15 is 0 Å². The number of hydrogen-bond donors (Lipinski definition) is 2. The number of nitrogens with zero attached hydrogens (tertiary/aromatic N) is 2. The third-order valence-corrected chi connectivity index (χ3v) is 5.94. The van der Waals surface area contributed by atoms with E-state index in [4.69, 9.17) is 9.47 Å². The number of hydrogen-bond acceptors (Lipinski definition) is 6. The molecule has 8 heteroatoms. The molecule has 0 saturated carbocycles. The van der Waals surface area contributed by atoms with Gasteiger partial charge in [0.05, 0.1) is 31.4 Å². The SMILES string of the molecule is COc1ccc(CCNC(=O)c2ccc(CSc3nc4ccncc4[nH]3)cc2)cc1OC. The number of fused-ring (bicyclic) bond motifs is 1. The molecule has 2 heterocycles. The third-order valence-electron chi connectivity index (χ3n) is 5.00. The van der Waals surface area contributed by atoms with Crippen molar-refractivity contribution in [3.8, 4) is 11.5 Å². The number of benzene rings is 2. The molecule has 0 atom stereocenters. The van der Waals surface area contributed by atoms with Crippen molar-refractivity contribution in [2.24, 2.45) is 0 Å². The second kappa shape index (κ2) is 10.2. The van der Waals surface area contributed by atoms with Crippen LogP contribution in [0.15, 0.2) is 66.1 Å². The van der Waals surface area contributed by atoms with E-state index in [1.807, 2.05) is 48.5 Å². The Morgan fingerprint density at radius 1 is 1.03 bits per heavy atom. The molecule has 0 radical (unpaired) electrons. The fourth-order valence-corrected chi connectivity index (χ4v) is 4.11. The van der Waals surface area contributed by atoms with Gasteiger partial charge in [-0.1, -0.05) is 30.0 Å². The average Bonchev–Trinajstić information content (AvgIpc) is 3.26. The highest BCUT2D eigenvalue weighted by atomic mass is 32.2. The van der Waals surface area contributed by atoms with E-state index in [2.05, 4.69) is 20.3 Å². The molecule has 0 fully saturated rings. The van der Waals surface area contributed by atoms with Gasteiger partial charge in [0.25, 0.3) is 5.91 Å². The molecule has 2 aromatic carbocycles. The lowest BCUT2D eigenvalue weighted by molar-refractivity contribution is 0.0954. The molecular weight excluding hydrogens is 424 g/mol. The Bertz CT molecular complexity index is 1170. The molecule has 4 rings (SSSR count). The Morgan fingerprint density at radius 3 is 2.56 bits per heavy atom. The van der Waals surface area contributed by atoms with Crippen molar-refractivity contribution in [3.05, 3.63) is 77.6 Å². The minimum atomic E-state index is -0.0885. The first-order chi connectivity index (χ1) is 15.7. The Labute approximate surface area is 190 Å². The van der Waals surface area contributed by atoms with E-state index < -0.39 is 0 Å². The van der Waals surface area contributed by atoms with Gasteiger partial charge in [-0.15, -0.1) is 0 Å². The van der Waals surface area contributed by atoms with Crippen LogP contribution in [0.4, 0.5) is 0 Å². The molecule has 0 aliphatic rings. The minimum Gasteiger partial charge on any atom is -0.493 e. The molecule has 0 unspecified atom stereocenters. The number of carbonyl (C=O) groups is 1. The summed E-state index contributed by atoms with van der Waals surface area (Å²) in [6.45, 7) is 0.535. The average molecular weight is 449 g/mol. The van der Waals surface area contributed by atoms with Gasteiger partial charge in [-0.2, -0.15) is 0 Å². The largest absolute Gasteiger partial charge is 0.493 e. The molecule has 0 aliphatic carbocycles. The molecular formula is C24H24N4O3S. The number of thioether (sulfide) groups is 1. The molecule has 0 saturated heterocycles. The highest BCUT2D eigenvalue weighted by Gasteiger charge is 2.08. The molecule has 2 N–H and O–H groups in total. The number of methoxy groups -OCH3 is 2. The lowest BCUT2D eigenvalue weighted by atomic mass is 10.1. The summed E-state index contributed by atoms with van der Waals surface area (Å²) in [5, 5.41) is 3.82. The Morgan fingerprint density at radius 2 is 1.81 bits per heavy atom. The van der Waals surface area contributed by atoms with E-state index in [1.165, 1.54) is 0 Å². The molecule has 0 aliphatic heterocycles. The first-order valence-corrected chi connectivity index (χ1v) is 11.2. The zero-order valence-corrected chi connectivity index (χ0v) is 18.7. The highest BCUT2D eigenvalue weighted by Crippen LogP contribution is 2.27. The smallest absolute Gasteiger partial charge is 0.251 e. The number of aromatic nitrogens is 3.